The monoisotopic (exact) mass is 400 g/mol. The van der Waals surface area contributed by atoms with Gasteiger partial charge in [-0.3, -0.25) is 0 Å². The fourth-order valence-corrected chi connectivity index (χ4v) is 9.40. The molecule has 0 aliphatic heterocycles. The lowest BCUT2D eigenvalue weighted by atomic mass is 9.43. The van der Waals surface area contributed by atoms with Gasteiger partial charge >= 0.3 is 0 Å². The van der Waals surface area contributed by atoms with Gasteiger partial charge in [0.2, 0.25) is 0 Å². The van der Waals surface area contributed by atoms with Crippen LogP contribution in [-0.4, -0.2) is 10.7 Å². The summed E-state index contributed by atoms with van der Waals surface area (Å²) in [6.45, 7) is 14.6. The lowest BCUT2D eigenvalue weighted by Gasteiger charge is -2.62. The Balaban J connectivity index is 1.50. The van der Waals surface area contributed by atoms with E-state index in [0.717, 1.165) is 35.5 Å². The summed E-state index contributed by atoms with van der Waals surface area (Å²) in [5.74, 6) is 5.81. The molecule has 4 rings (SSSR count). The molecule has 9 atom stereocenters. The summed E-state index contributed by atoms with van der Waals surface area (Å²) in [6.07, 6.45) is 18.3. The SMILES string of the molecule is CC(C)CCCC(C)C1CCC2C3CCC4C(C)(O)C=CCC4(C)C3CCC12C. The van der Waals surface area contributed by atoms with Crippen LogP contribution in [0.2, 0.25) is 0 Å². The number of hydrogen-bond acceptors (Lipinski definition) is 1. The molecular weight excluding hydrogens is 352 g/mol. The largest absolute Gasteiger partial charge is 0.386 e. The summed E-state index contributed by atoms with van der Waals surface area (Å²) in [5, 5.41) is 11.1. The van der Waals surface area contributed by atoms with Gasteiger partial charge in [-0.15, -0.1) is 0 Å². The Labute approximate surface area is 181 Å². The average Bonchev–Trinajstić information content (AvgIpc) is 2.98. The van der Waals surface area contributed by atoms with Crippen LogP contribution in [0.3, 0.4) is 0 Å². The molecule has 3 saturated carbocycles. The van der Waals surface area contributed by atoms with Crippen LogP contribution in [0.15, 0.2) is 12.2 Å². The summed E-state index contributed by atoms with van der Waals surface area (Å²) < 4.78 is 0. The number of aliphatic hydroxyl groups is 1. The quantitative estimate of drug-likeness (QED) is 0.470. The molecule has 0 heterocycles. The van der Waals surface area contributed by atoms with Gasteiger partial charge < -0.3 is 5.11 Å². The van der Waals surface area contributed by atoms with Gasteiger partial charge in [0.05, 0.1) is 5.60 Å². The van der Waals surface area contributed by atoms with Gasteiger partial charge in [0.25, 0.3) is 0 Å². The molecule has 0 aromatic heterocycles. The van der Waals surface area contributed by atoms with E-state index in [1.54, 1.807) is 0 Å². The van der Waals surface area contributed by atoms with E-state index in [0.29, 0.717) is 16.7 Å². The first kappa shape index (κ1) is 21.9. The molecule has 0 aromatic carbocycles. The van der Waals surface area contributed by atoms with Crippen LogP contribution in [0, 0.1) is 52.3 Å². The van der Waals surface area contributed by atoms with E-state index in [-0.39, 0.29) is 0 Å². The number of allylic oxidation sites excluding steroid dienone is 1. The van der Waals surface area contributed by atoms with Crippen LogP contribution < -0.4 is 0 Å². The normalized spacial score (nSPS) is 50.1. The molecular formula is C28H48O. The third kappa shape index (κ3) is 3.56. The first-order chi connectivity index (χ1) is 13.6. The highest BCUT2D eigenvalue weighted by Crippen LogP contribution is 2.68. The maximum Gasteiger partial charge on any atom is 0.0833 e. The van der Waals surface area contributed by atoms with E-state index in [1.807, 2.05) is 0 Å². The highest BCUT2D eigenvalue weighted by atomic mass is 16.3. The molecule has 1 nitrogen and oxygen atoms in total. The molecule has 4 aliphatic rings. The van der Waals surface area contributed by atoms with Crippen LogP contribution >= 0.6 is 0 Å². The summed E-state index contributed by atoms with van der Waals surface area (Å²) in [5.41, 5.74) is 0.292. The Bertz CT molecular complexity index is 618. The molecule has 0 bridgehead atoms. The third-order valence-electron chi connectivity index (χ3n) is 10.8. The number of rotatable bonds is 5. The molecule has 1 heteroatoms. The van der Waals surface area contributed by atoms with Crippen molar-refractivity contribution in [3.63, 3.8) is 0 Å². The van der Waals surface area contributed by atoms with Crippen LogP contribution in [0.4, 0.5) is 0 Å². The second-order valence-electron chi connectivity index (χ2n) is 12.9. The number of hydrogen-bond donors (Lipinski definition) is 1. The Morgan fingerprint density at radius 3 is 2.34 bits per heavy atom. The summed E-state index contributed by atoms with van der Waals surface area (Å²) >= 11 is 0. The van der Waals surface area contributed by atoms with E-state index in [1.165, 1.54) is 64.2 Å². The van der Waals surface area contributed by atoms with Gasteiger partial charge in [-0.25, -0.2) is 0 Å². The predicted octanol–water partition coefficient (Wildman–Crippen LogP) is 7.63. The van der Waals surface area contributed by atoms with Crippen molar-refractivity contribution in [1.82, 2.24) is 0 Å². The van der Waals surface area contributed by atoms with Crippen molar-refractivity contribution < 1.29 is 5.11 Å². The van der Waals surface area contributed by atoms with E-state index < -0.39 is 5.60 Å². The Kier molecular flexibility index (Phi) is 5.81. The molecule has 3 fully saturated rings. The smallest absolute Gasteiger partial charge is 0.0833 e. The van der Waals surface area contributed by atoms with Crippen molar-refractivity contribution in [2.24, 2.45) is 52.3 Å². The molecule has 166 valence electrons. The predicted molar refractivity (Wildman–Crippen MR) is 124 cm³/mol. The van der Waals surface area contributed by atoms with E-state index in [4.69, 9.17) is 0 Å². The molecule has 9 unspecified atom stereocenters. The van der Waals surface area contributed by atoms with Gasteiger partial charge in [0, 0.05) is 0 Å². The van der Waals surface area contributed by atoms with Crippen molar-refractivity contribution in [1.29, 1.82) is 0 Å². The first-order valence-corrected chi connectivity index (χ1v) is 13.0. The van der Waals surface area contributed by atoms with Crippen molar-refractivity contribution in [3.05, 3.63) is 12.2 Å². The minimum absolute atomic E-state index is 0.309. The van der Waals surface area contributed by atoms with Gasteiger partial charge in [-0.05, 0) is 104 Å². The molecule has 29 heavy (non-hydrogen) atoms. The fourth-order valence-electron chi connectivity index (χ4n) is 9.40. The Morgan fingerprint density at radius 2 is 1.62 bits per heavy atom. The van der Waals surface area contributed by atoms with Gasteiger partial charge in [0.1, 0.15) is 0 Å². The van der Waals surface area contributed by atoms with Crippen molar-refractivity contribution in [2.45, 2.75) is 111 Å². The minimum atomic E-state index is -0.595. The van der Waals surface area contributed by atoms with E-state index in [2.05, 4.69) is 53.7 Å². The van der Waals surface area contributed by atoms with Crippen LogP contribution in [0.1, 0.15) is 106 Å². The standard InChI is InChI=1S/C28H48O/c1-19(2)9-7-10-20(3)22-12-13-23-21-11-14-25-27(5,16-8-17-28(25,6)29)24(21)15-18-26(22,23)4/h8,17,19-25,29H,7,9-16,18H2,1-6H3. The highest BCUT2D eigenvalue weighted by molar-refractivity contribution is 5.18. The van der Waals surface area contributed by atoms with Crippen LogP contribution in [0.25, 0.3) is 0 Å². The lowest BCUT2D eigenvalue weighted by molar-refractivity contribution is -0.145. The van der Waals surface area contributed by atoms with E-state index in [9.17, 15) is 5.11 Å². The second kappa shape index (κ2) is 7.68. The van der Waals surface area contributed by atoms with Gasteiger partial charge in [-0.2, -0.15) is 0 Å². The third-order valence-corrected chi connectivity index (χ3v) is 10.8. The van der Waals surface area contributed by atoms with Gasteiger partial charge in [0.15, 0.2) is 0 Å². The average molecular weight is 401 g/mol. The highest BCUT2D eigenvalue weighted by Gasteiger charge is 2.62. The van der Waals surface area contributed by atoms with Gasteiger partial charge in [-0.1, -0.05) is 66.0 Å². The summed E-state index contributed by atoms with van der Waals surface area (Å²) in [4.78, 5) is 0. The lowest BCUT2D eigenvalue weighted by Crippen LogP contribution is -2.57. The van der Waals surface area contributed by atoms with Crippen molar-refractivity contribution in [3.8, 4) is 0 Å². The second-order valence-corrected chi connectivity index (χ2v) is 12.9. The molecule has 0 radical (unpaired) electrons. The van der Waals surface area contributed by atoms with E-state index >= 15 is 0 Å². The van der Waals surface area contributed by atoms with Crippen molar-refractivity contribution in [2.75, 3.05) is 0 Å². The molecule has 0 saturated heterocycles. The molecule has 0 amide bonds. The Morgan fingerprint density at radius 1 is 0.897 bits per heavy atom. The summed E-state index contributed by atoms with van der Waals surface area (Å²) in [7, 11) is 0. The Hall–Kier alpha value is -0.300. The zero-order chi connectivity index (χ0) is 21.0. The number of fused-ring (bicyclic) bond motifs is 5. The topological polar surface area (TPSA) is 20.2 Å². The molecule has 0 spiro atoms. The van der Waals surface area contributed by atoms with Crippen molar-refractivity contribution >= 4 is 0 Å². The van der Waals surface area contributed by atoms with Crippen LogP contribution in [-0.2, 0) is 0 Å². The first-order valence-electron chi connectivity index (χ1n) is 13.0. The molecule has 1 N–H and O–H groups in total. The maximum atomic E-state index is 11.1. The zero-order valence-corrected chi connectivity index (χ0v) is 20.2. The molecule has 0 aromatic rings. The fraction of sp³-hybridized carbons (Fsp3) is 0.929. The molecule has 4 aliphatic carbocycles. The van der Waals surface area contributed by atoms with Crippen LogP contribution in [0.5, 0.6) is 0 Å². The maximum absolute atomic E-state index is 11.1. The minimum Gasteiger partial charge on any atom is -0.386 e. The zero-order valence-electron chi connectivity index (χ0n) is 20.2. The summed E-state index contributed by atoms with van der Waals surface area (Å²) in [6, 6.07) is 0.